The molecule has 54 valence electrons. The van der Waals surface area contributed by atoms with Crippen LogP contribution in [0.2, 0.25) is 0 Å². The van der Waals surface area contributed by atoms with Gasteiger partial charge in [-0.1, -0.05) is 10.4 Å². The molecule has 0 spiro atoms. The average molecular weight is 195 g/mol. The minimum absolute atomic E-state index is 0. The summed E-state index contributed by atoms with van der Waals surface area (Å²) in [6, 6.07) is 0. The number of ether oxygens (including phenoxy) is 1. The van der Waals surface area contributed by atoms with Gasteiger partial charge in [-0.2, -0.15) is 0 Å². The first-order chi connectivity index (χ1) is 4.79. The van der Waals surface area contributed by atoms with Gasteiger partial charge in [0.1, 0.15) is 0 Å². The van der Waals surface area contributed by atoms with Crippen LogP contribution in [-0.2, 0) is 17.4 Å². The Kier molecular flexibility index (Phi) is 6.18. The molecule has 2 nitrogen and oxygen atoms in total. The van der Waals surface area contributed by atoms with Crippen molar-refractivity contribution in [3.05, 3.63) is 24.5 Å². The Morgan fingerprint density at radius 3 is 2.73 bits per heavy atom. The van der Waals surface area contributed by atoms with Gasteiger partial charge in [-0.15, -0.1) is 0 Å². The molecule has 1 rings (SSSR count). The van der Waals surface area contributed by atoms with Crippen molar-refractivity contribution in [2.45, 2.75) is 6.23 Å². The number of rotatable bonds is 1. The zero-order valence-electron chi connectivity index (χ0n) is 6.11. The zero-order chi connectivity index (χ0) is 7.40. The van der Waals surface area contributed by atoms with Gasteiger partial charge in [0, 0.05) is 0 Å². The van der Waals surface area contributed by atoms with Crippen molar-refractivity contribution in [3.8, 4) is 0 Å². The van der Waals surface area contributed by atoms with Crippen LogP contribution in [0.1, 0.15) is 0 Å². The maximum atomic E-state index is 5.06. The third-order valence-corrected chi connectivity index (χ3v) is 1.20. The van der Waals surface area contributed by atoms with Gasteiger partial charge >= 0.3 is 29.6 Å². The van der Waals surface area contributed by atoms with E-state index in [1.54, 1.807) is 12.3 Å². The minimum atomic E-state index is -0.185. The summed E-state index contributed by atoms with van der Waals surface area (Å²) in [5.74, 6) is 0. The molecular formula is C6H6NNaOS2. The van der Waals surface area contributed by atoms with Gasteiger partial charge in [-0.25, -0.2) is 0 Å². The van der Waals surface area contributed by atoms with E-state index in [9.17, 15) is 0 Å². The molecule has 0 aromatic carbocycles. The Hall–Kier alpha value is 0.390. The van der Waals surface area contributed by atoms with Gasteiger partial charge in [0.2, 0.25) is 0 Å². The predicted octanol–water partition coefficient (Wildman–Crippen LogP) is -2.16. The molecule has 0 amide bonds. The molecular weight excluding hydrogens is 189 g/mol. The van der Waals surface area contributed by atoms with E-state index >= 15 is 0 Å². The van der Waals surface area contributed by atoms with Crippen molar-refractivity contribution in [2.24, 2.45) is 0 Å². The molecule has 0 bridgehead atoms. The Morgan fingerprint density at radius 2 is 2.27 bits per heavy atom. The van der Waals surface area contributed by atoms with Crippen LogP contribution in [0.15, 0.2) is 24.5 Å². The van der Waals surface area contributed by atoms with Crippen LogP contribution in [0, 0.1) is 0 Å². The summed E-state index contributed by atoms with van der Waals surface area (Å²) in [5, 5.41) is 2.77. The number of allylic oxidation sites excluding steroid dienone is 2. The summed E-state index contributed by atoms with van der Waals surface area (Å²) >= 11 is 9.28. The van der Waals surface area contributed by atoms with Crippen molar-refractivity contribution in [2.75, 3.05) is 0 Å². The van der Waals surface area contributed by atoms with Crippen LogP contribution < -0.4 is 34.9 Å². The summed E-state index contributed by atoms with van der Waals surface area (Å²) < 4.78 is 5.38. The second-order valence-corrected chi connectivity index (χ2v) is 2.78. The van der Waals surface area contributed by atoms with E-state index in [-0.39, 0.29) is 35.8 Å². The zero-order valence-corrected chi connectivity index (χ0v) is 9.74. The summed E-state index contributed by atoms with van der Waals surface area (Å²) in [4.78, 5) is 0. The molecule has 1 aliphatic heterocycles. The Bertz CT molecular complexity index is 193. The van der Waals surface area contributed by atoms with E-state index in [2.05, 4.69) is 30.2 Å². The van der Waals surface area contributed by atoms with Gasteiger partial charge in [0.25, 0.3) is 0 Å². The fourth-order valence-corrected chi connectivity index (χ4v) is 0.816. The Morgan fingerprint density at radius 1 is 1.55 bits per heavy atom. The molecule has 5 heteroatoms. The van der Waals surface area contributed by atoms with Crippen LogP contribution in [0.25, 0.3) is 0 Å². The fourth-order valence-electron chi connectivity index (χ4n) is 0.584. The first kappa shape index (κ1) is 11.4. The van der Waals surface area contributed by atoms with Crippen molar-refractivity contribution < 1.29 is 34.3 Å². The fraction of sp³-hybridized carbons (Fsp3) is 0.167. The third-order valence-electron chi connectivity index (χ3n) is 0.961. The van der Waals surface area contributed by atoms with Gasteiger partial charge in [-0.05, 0) is 12.2 Å². The predicted molar refractivity (Wildman–Crippen MR) is 46.3 cm³/mol. The van der Waals surface area contributed by atoms with Crippen LogP contribution in [-0.4, -0.2) is 10.5 Å². The molecule has 0 aromatic rings. The van der Waals surface area contributed by atoms with Gasteiger partial charge < -0.3 is 34.9 Å². The first-order valence-corrected chi connectivity index (χ1v) is 3.57. The molecule has 0 aliphatic carbocycles. The molecule has 0 radical (unpaired) electrons. The summed E-state index contributed by atoms with van der Waals surface area (Å²) in [6.07, 6.45) is 6.90. The summed E-state index contributed by atoms with van der Waals surface area (Å²) in [5.41, 5.74) is 0. The molecule has 1 N–H and O–H groups in total. The van der Waals surface area contributed by atoms with Gasteiger partial charge in [0.15, 0.2) is 6.23 Å². The molecule has 1 heterocycles. The van der Waals surface area contributed by atoms with Crippen molar-refractivity contribution >= 4 is 29.2 Å². The summed E-state index contributed by atoms with van der Waals surface area (Å²) in [6.45, 7) is 0. The standard InChI is InChI=1S/C6H7NOS2.Na/c9-6(10)7-5-3-1-2-4-8-5;/h1-5H,(H2,7,9,10);/q;+1/p-1. The molecule has 1 unspecified atom stereocenters. The van der Waals surface area contributed by atoms with Gasteiger partial charge in [0.05, 0.1) is 6.26 Å². The van der Waals surface area contributed by atoms with Crippen molar-refractivity contribution in [1.29, 1.82) is 0 Å². The van der Waals surface area contributed by atoms with E-state index in [0.717, 1.165) is 0 Å². The van der Waals surface area contributed by atoms with E-state index in [0.29, 0.717) is 4.32 Å². The van der Waals surface area contributed by atoms with E-state index in [1.807, 2.05) is 12.2 Å². The topological polar surface area (TPSA) is 21.3 Å². The second kappa shape index (κ2) is 5.97. The molecule has 1 atom stereocenters. The SMILES string of the molecule is S=C([S-])NC1C=CC=CO1.[Na+]. The Balaban J connectivity index is 0.000001000. The second-order valence-electron chi connectivity index (χ2n) is 1.70. The summed E-state index contributed by atoms with van der Waals surface area (Å²) in [7, 11) is 0. The third kappa shape index (κ3) is 4.76. The number of hydrogen-bond donors (Lipinski definition) is 1. The van der Waals surface area contributed by atoms with Gasteiger partial charge in [-0.3, -0.25) is 0 Å². The monoisotopic (exact) mass is 195 g/mol. The van der Waals surface area contributed by atoms with Crippen molar-refractivity contribution in [3.63, 3.8) is 0 Å². The largest absolute Gasteiger partial charge is 1.00 e. The molecule has 11 heavy (non-hydrogen) atoms. The molecule has 1 aliphatic rings. The van der Waals surface area contributed by atoms with E-state index in [1.165, 1.54) is 0 Å². The van der Waals surface area contributed by atoms with E-state index < -0.39 is 0 Å². The quantitative estimate of drug-likeness (QED) is 0.292. The smallest absolute Gasteiger partial charge is 0.475 e. The van der Waals surface area contributed by atoms with Crippen LogP contribution in [0.3, 0.4) is 0 Å². The average Bonchev–Trinajstić information content (AvgIpc) is 1.88. The maximum absolute atomic E-state index is 5.06. The maximum Gasteiger partial charge on any atom is 1.00 e. The van der Waals surface area contributed by atoms with Crippen molar-refractivity contribution in [1.82, 2.24) is 5.32 Å². The minimum Gasteiger partial charge on any atom is -0.475 e. The van der Waals surface area contributed by atoms with E-state index in [4.69, 9.17) is 4.74 Å². The van der Waals surface area contributed by atoms with Crippen LogP contribution >= 0.6 is 12.2 Å². The van der Waals surface area contributed by atoms with Crippen LogP contribution in [0.5, 0.6) is 0 Å². The number of thiocarbonyl (C=S) groups is 1. The van der Waals surface area contributed by atoms with Crippen LogP contribution in [0.4, 0.5) is 0 Å². The first-order valence-electron chi connectivity index (χ1n) is 2.75. The number of nitrogens with one attached hydrogen (secondary N) is 1. The molecule has 0 aromatic heterocycles. The molecule has 0 saturated carbocycles. The Labute approximate surface area is 98.8 Å². The normalized spacial score (nSPS) is 19.8. The molecule has 0 fully saturated rings. The number of hydrogen-bond acceptors (Lipinski definition) is 3. The molecule has 0 saturated heterocycles.